The summed E-state index contributed by atoms with van der Waals surface area (Å²) >= 11 is 0. The van der Waals surface area contributed by atoms with Crippen molar-refractivity contribution in [2.45, 2.75) is 20.3 Å². The summed E-state index contributed by atoms with van der Waals surface area (Å²) in [6, 6.07) is 1.40. The van der Waals surface area contributed by atoms with E-state index in [0.29, 0.717) is 18.3 Å². The lowest BCUT2D eigenvalue weighted by Crippen LogP contribution is -1.99. The predicted molar refractivity (Wildman–Crippen MR) is 54.5 cm³/mol. The van der Waals surface area contributed by atoms with Crippen LogP contribution in [0.3, 0.4) is 0 Å². The van der Waals surface area contributed by atoms with E-state index in [9.17, 15) is 19.8 Å². The molecule has 0 aliphatic rings. The molecule has 15 heavy (non-hydrogen) atoms. The Kier molecular flexibility index (Phi) is 3.09. The highest BCUT2D eigenvalue weighted by molar-refractivity contribution is 6.01. The maximum Gasteiger partial charge on any atom is 0.163 e. The number of benzene rings is 1. The zero-order valence-corrected chi connectivity index (χ0v) is 8.57. The maximum atomic E-state index is 11.2. The Bertz CT molecular complexity index is 421. The number of phenols is 2. The van der Waals surface area contributed by atoms with Crippen LogP contribution in [0.15, 0.2) is 6.07 Å². The summed E-state index contributed by atoms with van der Waals surface area (Å²) in [7, 11) is 0. The van der Waals surface area contributed by atoms with Gasteiger partial charge in [0.05, 0.1) is 11.1 Å². The van der Waals surface area contributed by atoms with Gasteiger partial charge in [0.2, 0.25) is 0 Å². The van der Waals surface area contributed by atoms with E-state index in [4.69, 9.17) is 0 Å². The first-order valence-corrected chi connectivity index (χ1v) is 4.56. The van der Waals surface area contributed by atoms with Crippen molar-refractivity contribution in [2.24, 2.45) is 0 Å². The number of ketones is 1. The number of aromatic hydroxyl groups is 2. The number of rotatable bonds is 3. The summed E-state index contributed by atoms with van der Waals surface area (Å²) in [6.07, 6.45) is 0.823. The Morgan fingerprint density at radius 2 is 2.00 bits per heavy atom. The number of Topliss-reactive ketones (excluding diaryl/α,β-unsaturated/α-hetero) is 1. The zero-order valence-electron chi connectivity index (χ0n) is 8.57. The van der Waals surface area contributed by atoms with Crippen molar-refractivity contribution in [2.75, 3.05) is 0 Å². The second-order valence-corrected chi connectivity index (χ2v) is 3.22. The number of phenolic OH excluding ortho intramolecular Hbond substituents is 2. The van der Waals surface area contributed by atoms with Gasteiger partial charge in [-0.1, -0.05) is 6.92 Å². The fourth-order valence-corrected chi connectivity index (χ4v) is 1.39. The lowest BCUT2D eigenvalue weighted by Gasteiger charge is -2.09. The monoisotopic (exact) mass is 208 g/mol. The molecule has 0 aromatic heterocycles. The van der Waals surface area contributed by atoms with E-state index >= 15 is 0 Å². The third kappa shape index (κ3) is 1.83. The molecule has 0 unspecified atom stereocenters. The summed E-state index contributed by atoms with van der Waals surface area (Å²) in [5.74, 6) is -1.05. The van der Waals surface area contributed by atoms with E-state index in [1.54, 1.807) is 6.92 Å². The number of aldehydes is 1. The minimum atomic E-state index is -0.452. The van der Waals surface area contributed by atoms with Gasteiger partial charge in [0, 0.05) is 0 Å². The van der Waals surface area contributed by atoms with E-state index in [-0.39, 0.29) is 22.7 Å². The normalized spacial score (nSPS) is 10.0. The van der Waals surface area contributed by atoms with Gasteiger partial charge in [0.15, 0.2) is 12.1 Å². The molecule has 0 amide bonds. The van der Waals surface area contributed by atoms with Crippen LogP contribution < -0.4 is 0 Å². The Morgan fingerprint density at radius 1 is 1.40 bits per heavy atom. The quantitative estimate of drug-likeness (QED) is 0.585. The first-order valence-electron chi connectivity index (χ1n) is 4.56. The van der Waals surface area contributed by atoms with Crippen LogP contribution in [0, 0.1) is 0 Å². The standard InChI is InChI=1S/C11H12O4/c1-3-7-4-8(6(2)13)11(15)9(5-12)10(7)14/h4-5,14-15H,3H2,1-2H3. The Morgan fingerprint density at radius 3 is 2.40 bits per heavy atom. The molecule has 0 spiro atoms. The van der Waals surface area contributed by atoms with E-state index in [1.807, 2.05) is 0 Å². The predicted octanol–water partition coefficient (Wildman–Crippen LogP) is 1.68. The van der Waals surface area contributed by atoms with Gasteiger partial charge in [0.25, 0.3) is 0 Å². The molecule has 0 aliphatic heterocycles. The molecular formula is C11H12O4. The minimum Gasteiger partial charge on any atom is -0.507 e. The van der Waals surface area contributed by atoms with Crippen molar-refractivity contribution in [3.8, 4) is 11.5 Å². The average Bonchev–Trinajstić information content (AvgIpc) is 2.18. The SMILES string of the molecule is CCc1cc(C(C)=O)c(O)c(C=O)c1O. The summed E-state index contributed by atoms with van der Waals surface area (Å²) in [5.41, 5.74) is 0.311. The molecule has 0 radical (unpaired) electrons. The fourth-order valence-electron chi connectivity index (χ4n) is 1.39. The van der Waals surface area contributed by atoms with Crippen LogP contribution in [-0.4, -0.2) is 22.3 Å². The summed E-state index contributed by atoms with van der Waals surface area (Å²) in [6.45, 7) is 3.07. The highest BCUT2D eigenvalue weighted by Crippen LogP contribution is 2.33. The lowest BCUT2D eigenvalue weighted by molar-refractivity contribution is 0.101. The van der Waals surface area contributed by atoms with E-state index in [1.165, 1.54) is 13.0 Å². The molecule has 4 nitrogen and oxygen atoms in total. The molecule has 4 heteroatoms. The first-order chi connectivity index (χ1) is 7.02. The number of carbonyl (C=O) groups is 2. The van der Waals surface area contributed by atoms with Crippen LogP contribution in [0.5, 0.6) is 11.5 Å². The highest BCUT2D eigenvalue weighted by atomic mass is 16.3. The molecule has 0 saturated carbocycles. The van der Waals surface area contributed by atoms with Gasteiger partial charge in [0.1, 0.15) is 11.5 Å². The number of aryl methyl sites for hydroxylation is 1. The summed E-state index contributed by atoms with van der Waals surface area (Å²) in [4.78, 5) is 21.8. The molecule has 1 aromatic rings. The van der Waals surface area contributed by atoms with Crippen LogP contribution in [0.1, 0.15) is 40.1 Å². The fraction of sp³-hybridized carbons (Fsp3) is 0.273. The van der Waals surface area contributed by atoms with Crippen molar-refractivity contribution in [3.05, 3.63) is 22.8 Å². The van der Waals surface area contributed by atoms with Crippen LogP contribution >= 0.6 is 0 Å². The van der Waals surface area contributed by atoms with Crippen LogP contribution in [-0.2, 0) is 6.42 Å². The lowest BCUT2D eigenvalue weighted by atomic mass is 9.99. The van der Waals surface area contributed by atoms with E-state index < -0.39 is 5.75 Å². The van der Waals surface area contributed by atoms with Crippen molar-refractivity contribution >= 4 is 12.1 Å². The van der Waals surface area contributed by atoms with Gasteiger partial charge in [-0.15, -0.1) is 0 Å². The molecule has 1 aromatic carbocycles. The largest absolute Gasteiger partial charge is 0.507 e. The Balaban J connectivity index is 3.58. The topological polar surface area (TPSA) is 74.6 Å². The third-order valence-electron chi connectivity index (χ3n) is 2.27. The molecule has 0 aliphatic carbocycles. The molecule has 1 rings (SSSR count). The number of hydrogen-bond donors (Lipinski definition) is 2. The molecular weight excluding hydrogens is 196 g/mol. The third-order valence-corrected chi connectivity index (χ3v) is 2.27. The Hall–Kier alpha value is -1.84. The van der Waals surface area contributed by atoms with Crippen molar-refractivity contribution < 1.29 is 19.8 Å². The molecule has 0 heterocycles. The van der Waals surface area contributed by atoms with Gasteiger partial charge >= 0.3 is 0 Å². The van der Waals surface area contributed by atoms with Gasteiger partial charge < -0.3 is 10.2 Å². The van der Waals surface area contributed by atoms with Gasteiger partial charge in [-0.3, -0.25) is 9.59 Å². The molecule has 0 saturated heterocycles. The van der Waals surface area contributed by atoms with Crippen LogP contribution in [0.25, 0.3) is 0 Å². The molecule has 80 valence electrons. The van der Waals surface area contributed by atoms with Crippen molar-refractivity contribution in [3.63, 3.8) is 0 Å². The number of carbonyl (C=O) groups excluding carboxylic acids is 2. The molecule has 0 bridgehead atoms. The molecule has 0 atom stereocenters. The second kappa shape index (κ2) is 4.13. The maximum absolute atomic E-state index is 11.2. The van der Waals surface area contributed by atoms with Gasteiger partial charge in [-0.05, 0) is 25.0 Å². The van der Waals surface area contributed by atoms with E-state index in [0.717, 1.165) is 0 Å². The smallest absolute Gasteiger partial charge is 0.163 e. The number of hydrogen-bond acceptors (Lipinski definition) is 4. The highest BCUT2D eigenvalue weighted by Gasteiger charge is 2.17. The van der Waals surface area contributed by atoms with E-state index in [2.05, 4.69) is 0 Å². The van der Waals surface area contributed by atoms with Gasteiger partial charge in [-0.2, -0.15) is 0 Å². The van der Waals surface area contributed by atoms with Crippen LogP contribution in [0.2, 0.25) is 0 Å². The van der Waals surface area contributed by atoms with Crippen LogP contribution in [0.4, 0.5) is 0 Å². The summed E-state index contributed by atoms with van der Waals surface area (Å²) < 4.78 is 0. The van der Waals surface area contributed by atoms with Crippen molar-refractivity contribution in [1.82, 2.24) is 0 Å². The zero-order chi connectivity index (χ0) is 11.6. The first kappa shape index (κ1) is 11.2. The summed E-state index contributed by atoms with van der Waals surface area (Å²) in [5, 5.41) is 19.1. The minimum absolute atomic E-state index is 0.0618. The second-order valence-electron chi connectivity index (χ2n) is 3.22. The average molecular weight is 208 g/mol. The Labute approximate surface area is 87.2 Å². The molecule has 2 N–H and O–H groups in total. The van der Waals surface area contributed by atoms with Crippen molar-refractivity contribution in [1.29, 1.82) is 0 Å². The molecule has 0 fully saturated rings. The van der Waals surface area contributed by atoms with Gasteiger partial charge in [-0.25, -0.2) is 0 Å².